The van der Waals surface area contributed by atoms with Gasteiger partial charge in [0.1, 0.15) is 5.76 Å². The first-order valence-corrected chi connectivity index (χ1v) is 5.36. The van der Waals surface area contributed by atoms with Gasteiger partial charge in [-0.3, -0.25) is 4.79 Å². The molecule has 3 heteroatoms. The number of rotatable bonds is 5. The third kappa shape index (κ3) is 3.11. The topological polar surface area (TPSA) is 35.5 Å². The van der Waals surface area contributed by atoms with Gasteiger partial charge in [-0.2, -0.15) is 0 Å². The van der Waals surface area contributed by atoms with E-state index < -0.39 is 0 Å². The fraction of sp³-hybridized carbons (Fsp3) is 0.583. The number of carbonyl (C=O) groups is 1. The van der Waals surface area contributed by atoms with E-state index in [4.69, 9.17) is 9.47 Å². The summed E-state index contributed by atoms with van der Waals surface area (Å²) in [4.78, 5) is 11.5. The Kier molecular flexibility index (Phi) is 4.40. The van der Waals surface area contributed by atoms with Crippen molar-refractivity contribution in [1.29, 1.82) is 0 Å². The van der Waals surface area contributed by atoms with Crippen LogP contribution in [-0.2, 0) is 14.3 Å². The van der Waals surface area contributed by atoms with Gasteiger partial charge in [-0.05, 0) is 26.7 Å². The number of hydrogen-bond donors (Lipinski definition) is 0. The summed E-state index contributed by atoms with van der Waals surface area (Å²) < 4.78 is 10.6. The van der Waals surface area contributed by atoms with Crippen molar-refractivity contribution in [3.63, 3.8) is 0 Å². The average molecular weight is 210 g/mol. The van der Waals surface area contributed by atoms with Crippen molar-refractivity contribution in [2.75, 3.05) is 6.61 Å². The van der Waals surface area contributed by atoms with E-state index in [1.165, 1.54) is 0 Å². The van der Waals surface area contributed by atoms with Crippen LogP contribution in [0.5, 0.6) is 0 Å². The monoisotopic (exact) mass is 210 g/mol. The summed E-state index contributed by atoms with van der Waals surface area (Å²) in [5.74, 6) is 0.950. The number of hydrogen-bond acceptors (Lipinski definition) is 3. The van der Waals surface area contributed by atoms with Gasteiger partial charge in [0.25, 0.3) is 0 Å². The van der Waals surface area contributed by atoms with Crippen LogP contribution in [-0.4, -0.2) is 18.5 Å². The summed E-state index contributed by atoms with van der Waals surface area (Å²) in [6.07, 6.45) is 5.61. The molecular weight excluding hydrogens is 192 g/mol. The van der Waals surface area contributed by atoms with E-state index in [1.54, 1.807) is 13.8 Å². The van der Waals surface area contributed by atoms with Gasteiger partial charge in [0.2, 0.25) is 11.5 Å². The smallest absolute Gasteiger partial charge is 0.240 e. The molecule has 1 unspecified atom stereocenters. The second-order valence-electron chi connectivity index (χ2n) is 3.53. The maximum Gasteiger partial charge on any atom is 0.240 e. The van der Waals surface area contributed by atoms with E-state index in [1.807, 2.05) is 0 Å². The lowest BCUT2D eigenvalue weighted by Gasteiger charge is -2.03. The lowest BCUT2D eigenvalue weighted by atomic mass is 10.2. The molecular formula is C12H18O3. The van der Waals surface area contributed by atoms with Crippen molar-refractivity contribution in [2.45, 2.75) is 39.7 Å². The zero-order valence-corrected chi connectivity index (χ0v) is 9.58. The second kappa shape index (κ2) is 5.59. The normalized spacial score (nSPS) is 21.3. The first-order chi connectivity index (χ1) is 7.16. The van der Waals surface area contributed by atoms with Gasteiger partial charge >= 0.3 is 0 Å². The molecule has 1 aliphatic rings. The van der Waals surface area contributed by atoms with Crippen molar-refractivity contribution in [1.82, 2.24) is 0 Å². The Morgan fingerprint density at radius 3 is 2.73 bits per heavy atom. The Balaban J connectivity index is 2.36. The second-order valence-corrected chi connectivity index (χ2v) is 3.53. The molecule has 1 rings (SSSR count). The molecule has 0 saturated carbocycles. The van der Waals surface area contributed by atoms with Crippen LogP contribution in [0.2, 0.25) is 0 Å². The van der Waals surface area contributed by atoms with Gasteiger partial charge in [0.15, 0.2) is 6.10 Å². The molecule has 0 aromatic heterocycles. The Morgan fingerprint density at radius 1 is 1.47 bits per heavy atom. The van der Waals surface area contributed by atoms with E-state index in [-0.39, 0.29) is 11.9 Å². The molecule has 0 aromatic rings. The minimum absolute atomic E-state index is 0.0491. The molecule has 0 amide bonds. The first-order valence-electron chi connectivity index (χ1n) is 5.36. The van der Waals surface area contributed by atoms with Crippen molar-refractivity contribution in [3.8, 4) is 0 Å². The molecule has 1 heterocycles. The summed E-state index contributed by atoms with van der Waals surface area (Å²) in [5, 5.41) is 0. The zero-order valence-electron chi connectivity index (χ0n) is 9.58. The van der Waals surface area contributed by atoms with E-state index in [0.717, 1.165) is 12.8 Å². The van der Waals surface area contributed by atoms with E-state index >= 15 is 0 Å². The van der Waals surface area contributed by atoms with E-state index in [2.05, 4.69) is 19.1 Å². The van der Waals surface area contributed by atoms with Gasteiger partial charge in [0.05, 0.1) is 6.61 Å². The number of allylic oxidation sites excluding steroid dienone is 2. The third-order valence-corrected chi connectivity index (χ3v) is 2.20. The minimum Gasteiger partial charge on any atom is -0.486 e. The predicted molar refractivity (Wildman–Crippen MR) is 58.3 cm³/mol. The number of Topliss-reactive ketones (excluding diaryl/α,β-unsaturated/α-hetero) is 1. The Bertz CT molecular complexity index is 289. The van der Waals surface area contributed by atoms with Crippen LogP contribution >= 0.6 is 0 Å². The lowest BCUT2D eigenvalue weighted by Crippen LogP contribution is -2.15. The van der Waals surface area contributed by atoms with Gasteiger partial charge in [-0.15, -0.1) is 0 Å². The van der Waals surface area contributed by atoms with Crippen LogP contribution in [0.3, 0.4) is 0 Å². The van der Waals surface area contributed by atoms with E-state index in [9.17, 15) is 4.79 Å². The maximum absolute atomic E-state index is 11.5. The molecule has 3 nitrogen and oxygen atoms in total. The van der Waals surface area contributed by atoms with Gasteiger partial charge in [0, 0.05) is 0 Å². The van der Waals surface area contributed by atoms with Crippen molar-refractivity contribution in [3.05, 3.63) is 23.7 Å². The average Bonchev–Trinajstić information content (AvgIpc) is 2.44. The summed E-state index contributed by atoms with van der Waals surface area (Å²) >= 11 is 0. The Labute approximate surface area is 90.8 Å². The minimum atomic E-state index is -0.383. The molecule has 84 valence electrons. The molecule has 0 N–H and O–H groups in total. The summed E-state index contributed by atoms with van der Waals surface area (Å²) in [6, 6.07) is 0. The summed E-state index contributed by atoms with van der Waals surface area (Å²) in [5.41, 5.74) is 0. The quantitative estimate of drug-likeness (QED) is 0.517. The molecule has 0 bridgehead atoms. The van der Waals surface area contributed by atoms with Gasteiger partial charge in [-0.25, -0.2) is 0 Å². The number of ether oxygens (including phenoxy) is 2. The van der Waals surface area contributed by atoms with E-state index in [0.29, 0.717) is 18.1 Å². The fourth-order valence-electron chi connectivity index (χ4n) is 1.42. The highest BCUT2D eigenvalue weighted by atomic mass is 16.5. The molecule has 0 aromatic carbocycles. The Morgan fingerprint density at radius 2 is 2.20 bits per heavy atom. The van der Waals surface area contributed by atoms with Crippen LogP contribution in [0.25, 0.3) is 0 Å². The van der Waals surface area contributed by atoms with Gasteiger partial charge in [-0.1, -0.05) is 19.1 Å². The maximum atomic E-state index is 11.5. The van der Waals surface area contributed by atoms with Crippen molar-refractivity contribution in [2.24, 2.45) is 0 Å². The van der Waals surface area contributed by atoms with Crippen LogP contribution in [0.4, 0.5) is 0 Å². The standard InChI is InChI=1S/C12H18O3/c1-4-5-6-7-8-14-12-10(3)15-9(2)11(12)13/h5-6,9H,4,7-8H2,1-3H3/b6-5+. The molecule has 1 aliphatic heterocycles. The zero-order chi connectivity index (χ0) is 11.3. The molecule has 0 radical (unpaired) electrons. The third-order valence-electron chi connectivity index (χ3n) is 2.20. The number of carbonyl (C=O) groups excluding carboxylic acids is 1. The highest BCUT2D eigenvalue weighted by Crippen LogP contribution is 2.21. The summed E-state index contributed by atoms with van der Waals surface area (Å²) in [7, 11) is 0. The lowest BCUT2D eigenvalue weighted by molar-refractivity contribution is -0.123. The van der Waals surface area contributed by atoms with Crippen molar-refractivity contribution < 1.29 is 14.3 Å². The molecule has 0 fully saturated rings. The van der Waals surface area contributed by atoms with Crippen LogP contribution in [0.1, 0.15) is 33.6 Å². The highest BCUT2D eigenvalue weighted by Gasteiger charge is 2.30. The molecule has 0 spiro atoms. The molecule has 0 saturated heterocycles. The van der Waals surface area contributed by atoms with Crippen LogP contribution in [0.15, 0.2) is 23.7 Å². The molecule has 15 heavy (non-hydrogen) atoms. The van der Waals surface area contributed by atoms with Gasteiger partial charge < -0.3 is 9.47 Å². The molecule has 1 atom stereocenters. The van der Waals surface area contributed by atoms with Crippen molar-refractivity contribution >= 4 is 5.78 Å². The van der Waals surface area contributed by atoms with Crippen LogP contribution < -0.4 is 0 Å². The van der Waals surface area contributed by atoms with Crippen LogP contribution in [0, 0.1) is 0 Å². The first kappa shape index (κ1) is 11.8. The largest absolute Gasteiger partial charge is 0.486 e. The predicted octanol–water partition coefficient (Wildman–Crippen LogP) is 2.58. The Hall–Kier alpha value is -1.25. The highest BCUT2D eigenvalue weighted by molar-refractivity contribution is 5.99. The SMILES string of the molecule is CC/C=C/CCOC1=C(C)OC(C)C1=O. The fourth-order valence-corrected chi connectivity index (χ4v) is 1.42. The summed E-state index contributed by atoms with van der Waals surface area (Å²) in [6.45, 7) is 6.11. The molecule has 0 aliphatic carbocycles. The number of ketones is 1.